The Morgan fingerprint density at radius 2 is 0.506 bits per heavy atom. The second-order valence-electron chi connectivity index (χ2n) is 31.9. The van der Waals surface area contributed by atoms with Crippen molar-refractivity contribution in [3.63, 3.8) is 0 Å². The Labute approximate surface area is 487 Å². The Kier molecular flexibility index (Phi) is 14.4. The van der Waals surface area contributed by atoms with Gasteiger partial charge < -0.3 is 15.7 Å². The molecule has 9 rings (SSSR count). The topological polar surface area (TPSA) is 83.4 Å². The summed E-state index contributed by atoms with van der Waals surface area (Å²) in [5, 5.41) is 0. The van der Waals surface area contributed by atoms with Crippen LogP contribution < -0.4 is 5.73 Å². The number of hydrogen-bond acceptors (Lipinski definition) is 3. The average Bonchev–Trinajstić information content (AvgIpc) is 4.22. The van der Waals surface area contributed by atoms with Crippen molar-refractivity contribution in [3.8, 4) is 44.5 Å². The molecule has 0 spiro atoms. The van der Waals surface area contributed by atoms with Crippen molar-refractivity contribution in [3.05, 3.63) is 164 Å². The summed E-state index contributed by atoms with van der Waals surface area (Å²) in [6.45, 7) is 55.5. The summed E-state index contributed by atoms with van der Waals surface area (Å²) in [5.74, 6) is 0. The molecule has 0 saturated heterocycles. The number of aromatic amines is 2. The van der Waals surface area contributed by atoms with E-state index in [2.05, 4.69) is 291 Å². The Balaban J connectivity index is 1.58. The lowest BCUT2D eigenvalue weighted by molar-refractivity contribution is 0.568. The van der Waals surface area contributed by atoms with Crippen LogP contribution in [0.4, 0.5) is 0 Å². The number of rotatable bonds is 4. The van der Waals surface area contributed by atoms with Crippen LogP contribution in [-0.4, -0.2) is 19.9 Å². The highest BCUT2D eigenvalue weighted by molar-refractivity contribution is 6.02. The van der Waals surface area contributed by atoms with Gasteiger partial charge in [0.15, 0.2) is 0 Å². The zero-order valence-corrected chi connectivity index (χ0v) is 53.9. The summed E-state index contributed by atoms with van der Waals surface area (Å²) in [5.41, 5.74) is 33.0. The highest BCUT2D eigenvalue weighted by Crippen LogP contribution is 2.45. The summed E-state index contributed by atoms with van der Waals surface area (Å²) in [7, 11) is 0. The molecule has 0 unspecified atom stereocenters. The van der Waals surface area contributed by atoms with Gasteiger partial charge in [-0.05, 0) is 153 Å². The number of benzene rings is 4. The van der Waals surface area contributed by atoms with Gasteiger partial charge in [-0.3, -0.25) is 0 Å². The molecule has 0 aliphatic carbocycles. The van der Waals surface area contributed by atoms with Crippen LogP contribution in [0.2, 0.25) is 0 Å². The molecule has 0 atom stereocenters. The highest BCUT2D eigenvalue weighted by Gasteiger charge is 2.30. The van der Waals surface area contributed by atoms with E-state index in [0.29, 0.717) is 5.70 Å². The normalized spacial score (nSPS) is 14.0. The van der Waals surface area contributed by atoms with Crippen molar-refractivity contribution in [1.29, 1.82) is 0 Å². The van der Waals surface area contributed by atoms with Gasteiger partial charge in [0, 0.05) is 44.3 Å². The first-order chi connectivity index (χ1) is 37.1. The maximum Gasteiger partial charge on any atom is 0.0966 e. The van der Waals surface area contributed by atoms with E-state index in [1.807, 2.05) is 0 Å². The van der Waals surface area contributed by atoms with Crippen molar-refractivity contribution in [1.82, 2.24) is 19.9 Å². The Morgan fingerprint density at radius 1 is 0.284 bits per heavy atom. The molecule has 424 valence electrons. The van der Waals surface area contributed by atoms with Crippen LogP contribution in [0.5, 0.6) is 0 Å². The first kappa shape index (κ1) is 58.9. The summed E-state index contributed by atoms with van der Waals surface area (Å²) in [6, 6.07) is 37.7. The minimum atomic E-state index is -0.135. The molecule has 81 heavy (non-hydrogen) atoms. The van der Waals surface area contributed by atoms with Gasteiger partial charge in [-0.15, -0.1) is 0 Å². The van der Waals surface area contributed by atoms with E-state index in [9.17, 15) is 0 Å². The fraction of sp³-hybridized carbons (Fsp3) is 0.421. The Hall–Kier alpha value is -6.72. The van der Waals surface area contributed by atoms with Gasteiger partial charge in [-0.2, -0.15) is 0 Å². The van der Waals surface area contributed by atoms with E-state index >= 15 is 0 Å². The predicted molar refractivity (Wildman–Crippen MR) is 353 cm³/mol. The standard InChI is InChI=1S/C76H95N5/c1-69(2,3)48-31-44(32-49(39-48)70(4,5)6)64-57-25-26-58(78-57)65(45-33-50(71(7,8)9)40-51(34-45)72(10,11)12)60-29-30-62(80-60)67(47-37-54(75(19,20)21)42-55(38-47)76(22,23)24)68-56(77)43-63(81-68)66(61-28-27-59(64)79-61)46-35-52(73(13,14)15)41-53(36-46)74(16,17)18/h25-43,79-80H,77H2,1-24H3. The number of fused-ring (bicyclic) bond motifs is 8. The molecular weight excluding hydrogens is 983 g/mol. The molecule has 2 aliphatic heterocycles. The first-order valence-electron chi connectivity index (χ1n) is 29.7. The fourth-order valence-electron chi connectivity index (χ4n) is 11.1. The third kappa shape index (κ3) is 12.0. The van der Waals surface area contributed by atoms with Crippen LogP contribution in [0.25, 0.3) is 90.5 Å². The van der Waals surface area contributed by atoms with E-state index in [4.69, 9.17) is 15.7 Å². The summed E-state index contributed by atoms with van der Waals surface area (Å²) < 4.78 is 0. The monoisotopic (exact) mass is 1080 g/mol. The van der Waals surface area contributed by atoms with Gasteiger partial charge in [-0.1, -0.05) is 239 Å². The van der Waals surface area contributed by atoms with Crippen molar-refractivity contribution in [2.24, 2.45) is 5.73 Å². The Morgan fingerprint density at radius 3 is 0.753 bits per heavy atom. The molecule has 0 amide bonds. The van der Waals surface area contributed by atoms with Gasteiger partial charge in [0.25, 0.3) is 0 Å². The van der Waals surface area contributed by atoms with Gasteiger partial charge in [0.2, 0.25) is 0 Å². The maximum atomic E-state index is 7.58. The molecule has 4 N–H and O–H groups in total. The minimum absolute atomic E-state index is 0.112. The van der Waals surface area contributed by atoms with Crippen molar-refractivity contribution >= 4 is 46.0 Å². The average molecular weight is 1080 g/mol. The van der Waals surface area contributed by atoms with Crippen molar-refractivity contribution in [2.75, 3.05) is 0 Å². The lowest BCUT2D eigenvalue weighted by Crippen LogP contribution is -2.16. The van der Waals surface area contributed by atoms with Crippen LogP contribution in [0, 0.1) is 0 Å². The molecule has 3 aromatic heterocycles. The molecule has 5 nitrogen and oxygen atoms in total. The molecule has 0 fully saturated rings. The van der Waals surface area contributed by atoms with Crippen LogP contribution in [0.3, 0.4) is 0 Å². The summed E-state index contributed by atoms with van der Waals surface area (Å²) >= 11 is 0. The number of aromatic nitrogens is 4. The molecule has 4 aromatic carbocycles. The van der Waals surface area contributed by atoms with Crippen LogP contribution in [0.15, 0.2) is 97.1 Å². The maximum absolute atomic E-state index is 7.58. The van der Waals surface area contributed by atoms with Crippen LogP contribution in [0.1, 0.15) is 233 Å². The second-order valence-corrected chi connectivity index (χ2v) is 31.9. The smallest absolute Gasteiger partial charge is 0.0966 e. The lowest BCUT2D eigenvalue weighted by Gasteiger charge is -2.26. The predicted octanol–water partition coefficient (Wildman–Crippen LogP) is 21.0. The van der Waals surface area contributed by atoms with Gasteiger partial charge in [0.05, 0.1) is 28.5 Å². The minimum Gasteiger partial charge on any atom is -0.397 e. The third-order valence-electron chi connectivity index (χ3n) is 16.7. The van der Waals surface area contributed by atoms with Gasteiger partial charge >= 0.3 is 0 Å². The summed E-state index contributed by atoms with van der Waals surface area (Å²) in [4.78, 5) is 19.9. The number of H-pyrrole nitrogens is 2. The SMILES string of the molecule is CC(C)(C)c1cc(-c2c3nc(c(-c4cc(C(C)(C)C)cc(C(C)(C)C)c4)c4ccc([nH]4)c(-c4cc(C(C)(C)C)cc(C(C)(C)C)c4)c4nc(c(-c5cc(C(C)(C)C)cc(C(C)(C)C)c5)c5ccc2[nH]5)C=C4N)C=C3)cc(C(C)(C)C)c1. The largest absolute Gasteiger partial charge is 0.397 e. The van der Waals surface area contributed by atoms with E-state index in [1.165, 1.54) is 44.5 Å². The van der Waals surface area contributed by atoms with E-state index < -0.39 is 0 Å². The number of nitrogens with one attached hydrogen (secondary N) is 2. The molecular formula is C76H95N5. The molecule has 7 aromatic rings. The van der Waals surface area contributed by atoms with Crippen LogP contribution in [-0.2, 0) is 43.3 Å². The fourth-order valence-corrected chi connectivity index (χ4v) is 11.1. The number of nitrogens with zero attached hydrogens (tertiary/aromatic N) is 2. The van der Waals surface area contributed by atoms with Crippen LogP contribution >= 0.6 is 0 Å². The third-order valence-corrected chi connectivity index (χ3v) is 16.7. The zero-order chi connectivity index (χ0) is 59.7. The highest BCUT2D eigenvalue weighted by atomic mass is 14.8. The zero-order valence-electron chi connectivity index (χ0n) is 53.9. The molecule has 0 radical (unpaired) electrons. The van der Waals surface area contributed by atoms with Gasteiger partial charge in [0.1, 0.15) is 0 Å². The summed E-state index contributed by atoms with van der Waals surface area (Å²) in [6.07, 6.45) is 6.60. The number of hydrogen-bond donors (Lipinski definition) is 3. The van der Waals surface area contributed by atoms with E-state index in [-0.39, 0.29) is 43.3 Å². The quantitative estimate of drug-likeness (QED) is 0.164. The molecule has 2 aliphatic rings. The second kappa shape index (κ2) is 19.7. The molecule has 5 heterocycles. The van der Waals surface area contributed by atoms with Crippen molar-refractivity contribution < 1.29 is 0 Å². The van der Waals surface area contributed by atoms with E-state index in [1.54, 1.807) is 0 Å². The number of nitrogens with two attached hydrogens (primary N) is 1. The van der Waals surface area contributed by atoms with Gasteiger partial charge in [-0.25, -0.2) is 9.97 Å². The van der Waals surface area contributed by atoms with Crippen molar-refractivity contribution in [2.45, 2.75) is 209 Å². The molecule has 0 saturated carbocycles. The lowest BCUT2D eigenvalue weighted by atomic mass is 9.78. The molecule has 5 heteroatoms. The molecule has 8 bridgehead atoms. The van der Waals surface area contributed by atoms with E-state index in [0.717, 1.165) is 89.4 Å². The first-order valence-corrected chi connectivity index (χ1v) is 29.7. The Bertz CT molecular complexity index is 3750.